The molecule has 0 atom stereocenters. The van der Waals surface area contributed by atoms with E-state index >= 15 is 0 Å². The fourth-order valence-electron chi connectivity index (χ4n) is 3.29. The number of hydrogen-bond acceptors (Lipinski definition) is 7. The molecule has 0 spiro atoms. The molecular weight excluding hydrogens is 410 g/mol. The average Bonchev–Trinajstić information content (AvgIpc) is 3.18. The first-order chi connectivity index (χ1) is 13.8. The Morgan fingerprint density at radius 2 is 2.00 bits per heavy atom. The van der Waals surface area contributed by atoms with Gasteiger partial charge in [-0.25, -0.2) is 13.4 Å². The van der Waals surface area contributed by atoms with E-state index in [9.17, 15) is 13.5 Å². The minimum absolute atomic E-state index is 0.101. The van der Waals surface area contributed by atoms with Gasteiger partial charge < -0.3 is 14.7 Å². The molecule has 0 aliphatic carbocycles. The summed E-state index contributed by atoms with van der Waals surface area (Å²) in [5.41, 5.74) is 1.38. The van der Waals surface area contributed by atoms with Crippen LogP contribution in [0.1, 0.15) is 19.4 Å². The van der Waals surface area contributed by atoms with Crippen molar-refractivity contribution in [2.24, 2.45) is 0 Å². The van der Waals surface area contributed by atoms with E-state index in [1.54, 1.807) is 31.4 Å². The summed E-state index contributed by atoms with van der Waals surface area (Å²) in [6.45, 7) is 4.47. The molecule has 0 fully saturated rings. The lowest BCUT2D eigenvalue weighted by atomic mass is 9.95. The molecule has 152 valence electrons. The Hall–Kier alpha value is -2.62. The first-order valence-corrected chi connectivity index (χ1v) is 11.4. The summed E-state index contributed by atoms with van der Waals surface area (Å²) < 4.78 is 33.6. The molecule has 0 radical (unpaired) electrons. The van der Waals surface area contributed by atoms with Gasteiger partial charge in [-0.3, -0.25) is 4.72 Å². The summed E-state index contributed by atoms with van der Waals surface area (Å²) in [6, 6.07) is 12.4. The molecule has 1 aromatic heterocycles. The lowest BCUT2D eigenvalue weighted by Gasteiger charge is -2.35. The van der Waals surface area contributed by atoms with Gasteiger partial charge in [0.1, 0.15) is 12.4 Å². The number of benzene rings is 2. The smallest absolute Gasteiger partial charge is 0.263 e. The molecule has 0 unspecified atom stereocenters. The van der Waals surface area contributed by atoms with E-state index in [4.69, 9.17) is 4.74 Å². The summed E-state index contributed by atoms with van der Waals surface area (Å²) in [5, 5.41) is 12.6. The van der Waals surface area contributed by atoms with Crippen LogP contribution < -0.4 is 14.4 Å². The maximum Gasteiger partial charge on any atom is 0.263 e. The summed E-state index contributed by atoms with van der Waals surface area (Å²) in [4.78, 5) is 6.10. The van der Waals surface area contributed by atoms with Crippen LogP contribution in [0.15, 0.2) is 58.9 Å². The number of hydrogen-bond donors (Lipinski definition) is 2. The van der Waals surface area contributed by atoms with E-state index in [1.807, 2.05) is 29.2 Å². The van der Waals surface area contributed by atoms with Gasteiger partial charge in [0.25, 0.3) is 10.0 Å². The zero-order valence-electron chi connectivity index (χ0n) is 16.0. The molecule has 29 heavy (non-hydrogen) atoms. The summed E-state index contributed by atoms with van der Waals surface area (Å²) in [5.74, 6) is 0.476. The Morgan fingerprint density at radius 1 is 1.21 bits per heavy atom. The van der Waals surface area contributed by atoms with E-state index in [2.05, 4.69) is 9.71 Å². The van der Waals surface area contributed by atoms with Gasteiger partial charge >= 0.3 is 0 Å². The SMILES string of the molecule is CC(C)(O)c1ccccc1N1CCOc2cc(S(=O)(=O)Nc3nccs3)ccc21. The van der Waals surface area contributed by atoms with E-state index in [0.29, 0.717) is 24.0 Å². The molecule has 0 saturated carbocycles. The molecule has 3 aromatic rings. The van der Waals surface area contributed by atoms with Crippen LogP contribution in [-0.4, -0.2) is 31.7 Å². The lowest BCUT2D eigenvalue weighted by molar-refractivity contribution is 0.0790. The molecule has 4 rings (SSSR count). The van der Waals surface area contributed by atoms with Crippen molar-refractivity contribution in [1.29, 1.82) is 0 Å². The van der Waals surface area contributed by atoms with E-state index in [0.717, 1.165) is 16.9 Å². The predicted molar refractivity (Wildman–Crippen MR) is 114 cm³/mol. The normalized spacial score (nSPS) is 14.2. The molecule has 9 heteroatoms. The first kappa shape index (κ1) is 19.7. The van der Waals surface area contributed by atoms with Crippen LogP contribution in [0, 0.1) is 0 Å². The number of fused-ring (bicyclic) bond motifs is 1. The number of para-hydroxylation sites is 1. The third kappa shape index (κ3) is 3.93. The molecule has 0 saturated heterocycles. The van der Waals surface area contributed by atoms with Gasteiger partial charge in [-0.15, -0.1) is 11.3 Å². The van der Waals surface area contributed by atoms with Crippen molar-refractivity contribution in [3.8, 4) is 5.75 Å². The van der Waals surface area contributed by atoms with Crippen LogP contribution in [-0.2, 0) is 15.6 Å². The topological polar surface area (TPSA) is 91.8 Å². The lowest BCUT2D eigenvalue weighted by Crippen LogP contribution is -2.31. The van der Waals surface area contributed by atoms with Crippen molar-refractivity contribution in [2.45, 2.75) is 24.3 Å². The van der Waals surface area contributed by atoms with Crippen LogP contribution in [0.2, 0.25) is 0 Å². The molecule has 2 aromatic carbocycles. The maximum absolute atomic E-state index is 12.7. The average molecular weight is 432 g/mol. The third-order valence-electron chi connectivity index (χ3n) is 4.61. The largest absolute Gasteiger partial charge is 0.489 e. The first-order valence-electron chi connectivity index (χ1n) is 9.04. The van der Waals surface area contributed by atoms with E-state index < -0.39 is 15.6 Å². The Labute approximate surface area is 173 Å². The summed E-state index contributed by atoms with van der Waals surface area (Å²) >= 11 is 1.21. The van der Waals surface area contributed by atoms with Crippen molar-refractivity contribution >= 4 is 37.9 Å². The Morgan fingerprint density at radius 3 is 2.72 bits per heavy atom. The zero-order chi connectivity index (χ0) is 20.6. The second kappa shape index (κ2) is 7.33. The Balaban J connectivity index is 1.72. The van der Waals surface area contributed by atoms with Crippen molar-refractivity contribution in [2.75, 3.05) is 22.8 Å². The van der Waals surface area contributed by atoms with Gasteiger partial charge in [-0.1, -0.05) is 18.2 Å². The van der Waals surface area contributed by atoms with Gasteiger partial charge in [0.05, 0.1) is 22.7 Å². The van der Waals surface area contributed by atoms with Gasteiger partial charge in [-0.05, 0) is 32.0 Å². The highest BCUT2D eigenvalue weighted by atomic mass is 32.2. The molecular formula is C20H21N3O4S2. The number of aliphatic hydroxyl groups is 1. The monoisotopic (exact) mass is 431 g/mol. The van der Waals surface area contributed by atoms with Gasteiger partial charge in [0, 0.05) is 28.9 Å². The van der Waals surface area contributed by atoms with Crippen molar-refractivity contribution < 1.29 is 18.3 Å². The molecule has 1 aliphatic heterocycles. The van der Waals surface area contributed by atoms with Gasteiger partial charge in [0.2, 0.25) is 0 Å². The number of nitrogens with one attached hydrogen (secondary N) is 1. The molecule has 2 N–H and O–H groups in total. The van der Waals surface area contributed by atoms with Crippen molar-refractivity contribution in [3.63, 3.8) is 0 Å². The Kier molecular flexibility index (Phi) is 4.97. The number of sulfonamides is 1. The predicted octanol–water partition coefficient (Wildman–Crippen LogP) is 3.70. The van der Waals surface area contributed by atoms with Crippen LogP contribution >= 0.6 is 11.3 Å². The molecule has 2 heterocycles. The van der Waals surface area contributed by atoms with E-state index in [1.165, 1.54) is 23.6 Å². The second-order valence-electron chi connectivity index (χ2n) is 7.15. The highest BCUT2D eigenvalue weighted by Crippen LogP contribution is 2.41. The van der Waals surface area contributed by atoms with Gasteiger partial charge in [-0.2, -0.15) is 0 Å². The fraction of sp³-hybridized carbons (Fsp3) is 0.250. The molecule has 0 bridgehead atoms. The second-order valence-corrected chi connectivity index (χ2v) is 9.73. The standard InChI is InChI=1S/C20H21N3O4S2/c1-20(2,24)15-5-3-4-6-16(15)23-10-11-27-18-13-14(7-8-17(18)23)29(25,26)22-19-21-9-12-28-19/h3-9,12-13,24H,10-11H2,1-2H3,(H,21,22). The number of aromatic nitrogens is 1. The number of anilines is 3. The van der Waals surface area contributed by atoms with E-state index in [-0.39, 0.29) is 4.90 Å². The summed E-state index contributed by atoms with van der Waals surface area (Å²) in [6.07, 6.45) is 1.54. The number of nitrogens with zero attached hydrogens (tertiary/aromatic N) is 2. The van der Waals surface area contributed by atoms with Crippen molar-refractivity contribution in [1.82, 2.24) is 4.98 Å². The third-order valence-corrected chi connectivity index (χ3v) is 6.77. The summed E-state index contributed by atoms with van der Waals surface area (Å²) in [7, 11) is -3.77. The molecule has 0 amide bonds. The quantitative estimate of drug-likeness (QED) is 0.640. The molecule has 7 nitrogen and oxygen atoms in total. The number of ether oxygens (including phenoxy) is 1. The van der Waals surface area contributed by atoms with Gasteiger partial charge in [0.15, 0.2) is 5.13 Å². The highest BCUT2D eigenvalue weighted by molar-refractivity contribution is 7.93. The van der Waals surface area contributed by atoms with Crippen LogP contribution in [0.5, 0.6) is 5.75 Å². The molecule has 1 aliphatic rings. The highest BCUT2D eigenvalue weighted by Gasteiger charge is 2.28. The van der Waals surface area contributed by atoms with Crippen molar-refractivity contribution in [3.05, 3.63) is 59.6 Å². The minimum Gasteiger partial charge on any atom is -0.489 e. The maximum atomic E-state index is 12.7. The number of thiazole rings is 1. The fourth-order valence-corrected chi connectivity index (χ4v) is 5.10. The Bertz CT molecular complexity index is 1120. The zero-order valence-corrected chi connectivity index (χ0v) is 17.6. The van der Waals surface area contributed by atoms with Crippen LogP contribution in [0.4, 0.5) is 16.5 Å². The minimum atomic E-state index is -3.77. The number of rotatable bonds is 5. The van der Waals surface area contributed by atoms with Crippen LogP contribution in [0.25, 0.3) is 0 Å². The van der Waals surface area contributed by atoms with Crippen LogP contribution in [0.3, 0.4) is 0 Å².